The first-order valence-corrected chi connectivity index (χ1v) is 6.54. The molecular formula is C15H26N2O. The van der Waals surface area contributed by atoms with Crippen LogP contribution < -0.4 is 4.74 Å². The van der Waals surface area contributed by atoms with Gasteiger partial charge in [-0.25, -0.2) is 0 Å². The molecule has 18 heavy (non-hydrogen) atoms. The van der Waals surface area contributed by atoms with Crippen LogP contribution in [0.15, 0.2) is 18.2 Å². The van der Waals surface area contributed by atoms with Gasteiger partial charge in [0.1, 0.15) is 5.75 Å². The van der Waals surface area contributed by atoms with Crippen molar-refractivity contribution in [2.45, 2.75) is 41.5 Å². The molecule has 2 aromatic rings. The lowest BCUT2D eigenvalue weighted by atomic mass is 10.2. The van der Waals surface area contributed by atoms with Gasteiger partial charge in [-0.15, -0.1) is 0 Å². The van der Waals surface area contributed by atoms with Crippen LogP contribution in [0.1, 0.15) is 40.3 Å². The van der Waals surface area contributed by atoms with Gasteiger partial charge < -0.3 is 4.74 Å². The zero-order valence-corrected chi connectivity index (χ0v) is 12.7. The molecular weight excluding hydrogens is 224 g/mol. The summed E-state index contributed by atoms with van der Waals surface area (Å²) in [7, 11) is 1.67. The SMILES string of the molecule is CC.CC(C)C.COc1cccc2n[nH]c(C)c12. The Kier molecular flexibility index (Phi) is 7.84. The van der Waals surface area contributed by atoms with Crippen molar-refractivity contribution < 1.29 is 4.74 Å². The molecule has 1 aromatic carbocycles. The molecule has 0 bridgehead atoms. The topological polar surface area (TPSA) is 37.9 Å². The van der Waals surface area contributed by atoms with Gasteiger partial charge in [-0.3, -0.25) is 5.10 Å². The van der Waals surface area contributed by atoms with E-state index in [1.54, 1.807) is 7.11 Å². The maximum Gasteiger partial charge on any atom is 0.130 e. The molecule has 0 aliphatic carbocycles. The van der Waals surface area contributed by atoms with E-state index in [4.69, 9.17) is 4.74 Å². The average molecular weight is 250 g/mol. The average Bonchev–Trinajstić information content (AvgIpc) is 2.73. The predicted molar refractivity (Wildman–Crippen MR) is 79.2 cm³/mol. The van der Waals surface area contributed by atoms with Gasteiger partial charge in [0.15, 0.2) is 0 Å². The fourth-order valence-corrected chi connectivity index (χ4v) is 1.36. The molecule has 1 heterocycles. The minimum atomic E-state index is 0.833. The van der Waals surface area contributed by atoms with Crippen molar-refractivity contribution in [3.05, 3.63) is 23.9 Å². The summed E-state index contributed by atoms with van der Waals surface area (Å²) in [6, 6.07) is 5.83. The number of aromatic nitrogens is 2. The number of aromatic amines is 1. The molecule has 3 nitrogen and oxygen atoms in total. The maximum absolute atomic E-state index is 5.21. The van der Waals surface area contributed by atoms with Crippen LogP contribution in [-0.2, 0) is 0 Å². The third-order valence-electron chi connectivity index (χ3n) is 1.94. The van der Waals surface area contributed by atoms with Gasteiger partial charge in [0, 0.05) is 5.69 Å². The first-order chi connectivity index (χ1) is 8.56. The van der Waals surface area contributed by atoms with Crippen LogP contribution in [0.3, 0.4) is 0 Å². The van der Waals surface area contributed by atoms with Crippen LogP contribution in [0.25, 0.3) is 10.9 Å². The Morgan fingerprint density at radius 2 is 1.72 bits per heavy atom. The predicted octanol–water partition coefficient (Wildman–Crippen LogP) is 4.57. The zero-order chi connectivity index (χ0) is 14.1. The van der Waals surface area contributed by atoms with Crippen LogP contribution in [0.4, 0.5) is 0 Å². The van der Waals surface area contributed by atoms with Gasteiger partial charge in [-0.05, 0) is 25.0 Å². The Labute approximate surface area is 111 Å². The van der Waals surface area contributed by atoms with Gasteiger partial charge >= 0.3 is 0 Å². The van der Waals surface area contributed by atoms with Crippen LogP contribution in [0.5, 0.6) is 5.75 Å². The second-order valence-electron chi connectivity index (χ2n) is 4.44. The highest BCUT2D eigenvalue weighted by atomic mass is 16.5. The first-order valence-electron chi connectivity index (χ1n) is 6.54. The van der Waals surface area contributed by atoms with Gasteiger partial charge in [0.25, 0.3) is 0 Å². The number of nitrogens with one attached hydrogen (secondary N) is 1. The summed E-state index contributed by atoms with van der Waals surface area (Å²) in [6.45, 7) is 12.5. The number of H-pyrrole nitrogens is 1. The molecule has 0 fully saturated rings. The number of methoxy groups -OCH3 is 1. The van der Waals surface area contributed by atoms with Gasteiger partial charge in [-0.1, -0.05) is 40.7 Å². The van der Waals surface area contributed by atoms with E-state index in [1.165, 1.54) is 0 Å². The highest BCUT2D eigenvalue weighted by molar-refractivity contribution is 5.87. The van der Waals surface area contributed by atoms with E-state index in [1.807, 2.05) is 39.0 Å². The lowest BCUT2D eigenvalue weighted by Gasteiger charge is -2.00. The summed E-state index contributed by atoms with van der Waals surface area (Å²) >= 11 is 0. The molecule has 0 aliphatic heterocycles. The largest absolute Gasteiger partial charge is 0.496 e. The van der Waals surface area contributed by atoms with E-state index in [0.29, 0.717) is 0 Å². The molecule has 0 atom stereocenters. The molecule has 0 amide bonds. The van der Waals surface area contributed by atoms with Crippen LogP contribution in [0.2, 0.25) is 0 Å². The highest BCUT2D eigenvalue weighted by Crippen LogP contribution is 2.25. The number of hydrogen-bond donors (Lipinski definition) is 1. The first kappa shape index (κ1) is 16.5. The Morgan fingerprint density at radius 3 is 2.22 bits per heavy atom. The summed E-state index contributed by atoms with van der Waals surface area (Å²) in [5, 5.41) is 8.11. The minimum Gasteiger partial charge on any atom is -0.496 e. The van der Waals surface area contributed by atoms with Crippen molar-refractivity contribution in [2.24, 2.45) is 5.92 Å². The number of aryl methyl sites for hydroxylation is 1. The van der Waals surface area contributed by atoms with Crippen molar-refractivity contribution in [3.63, 3.8) is 0 Å². The number of ether oxygens (including phenoxy) is 1. The quantitative estimate of drug-likeness (QED) is 0.805. The fraction of sp³-hybridized carbons (Fsp3) is 0.533. The molecule has 0 unspecified atom stereocenters. The number of nitrogens with zero attached hydrogens (tertiary/aromatic N) is 1. The smallest absolute Gasteiger partial charge is 0.130 e. The van der Waals surface area contributed by atoms with Crippen molar-refractivity contribution in [2.75, 3.05) is 7.11 Å². The van der Waals surface area contributed by atoms with Gasteiger partial charge in [0.2, 0.25) is 0 Å². The summed E-state index contributed by atoms with van der Waals surface area (Å²) in [4.78, 5) is 0. The van der Waals surface area contributed by atoms with E-state index >= 15 is 0 Å². The minimum absolute atomic E-state index is 0.833. The standard InChI is InChI=1S/C9H10N2O.C4H10.C2H6/c1-6-9-7(11-10-6)4-3-5-8(9)12-2;1-4(2)3;1-2/h3-5H,1-2H3,(H,10,11);4H,1-3H3;1-2H3. The van der Waals surface area contributed by atoms with Crippen molar-refractivity contribution in [1.82, 2.24) is 10.2 Å². The molecule has 102 valence electrons. The molecule has 0 saturated heterocycles. The maximum atomic E-state index is 5.21. The summed E-state index contributed by atoms with van der Waals surface area (Å²) in [5.41, 5.74) is 1.99. The molecule has 1 N–H and O–H groups in total. The number of hydrogen-bond acceptors (Lipinski definition) is 2. The van der Waals surface area contributed by atoms with Gasteiger partial charge in [-0.2, -0.15) is 5.10 Å². The number of fused-ring (bicyclic) bond motifs is 1. The van der Waals surface area contributed by atoms with E-state index in [-0.39, 0.29) is 0 Å². The Hall–Kier alpha value is -1.51. The molecule has 3 heteroatoms. The fourth-order valence-electron chi connectivity index (χ4n) is 1.36. The lowest BCUT2D eigenvalue weighted by molar-refractivity contribution is 0.419. The van der Waals surface area contributed by atoms with E-state index in [2.05, 4.69) is 31.0 Å². The van der Waals surface area contributed by atoms with Crippen molar-refractivity contribution in [1.29, 1.82) is 0 Å². The summed E-state index contributed by atoms with van der Waals surface area (Å²) < 4.78 is 5.21. The molecule has 1 aromatic heterocycles. The van der Waals surface area contributed by atoms with E-state index < -0.39 is 0 Å². The Bertz CT molecular complexity index is 444. The second-order valence-corrected chi connectivity index (χ2v) is 4.44. The zero-order valence-electron chi connectivity index (χ0n) is 12.7. The monoisotopic (exact) mass is 250 g/mol. The molecule has 2 rings (SSSR count). The van der Waals surface area contributed by atoms with Crippen LogP contribution >= 0.6 is 0 Å². The highest BCUT2D eigenvalue weighted by Gasteiger charge is 2.05. The Morgan fingerprint density at radius 1 is 1.17 bits per heavy atom. The summed E-state index contributed by atoms with van der Waals surface area (Å²) in [5.74, 6) is 1.71. The molecule has 0 saturated carbocycles. The van der Waals surface area contributed by atoms with E-state index in [0.717, 1.165) is 28.3 Å². The second kappa shape index (κ2) is 8.56. The molecule has 0 aliphatic rings. The van der Waals surface area contributed by atoms with Crippen molar-refractivity contribution >= 4 is 10.9 Å². The number of benzene rings is 1. The normalized spacial score (nSPS) is 9.33. The lowest BCUT2D eigenvalue weighted by Crippen LogP contribution is -1.83. The molecule has 0 spiro atoms. The molecule has 0 radical (unpaired) electrons. The summed E-state index contributed by atoms with van der Waals surface area (Å²) in [6.07, 6.45) is 0. The van der Waals surface area contributed by atoms with Crippen LogP contribution in [0, 0.1) is 12.8 Å². The van der Waals surface area contributed by atoms with E-state index in [9.17, 15) is 0 Å². The third-order valence-corrected chi connectivity index (χ3v) is 1.94. The number of rotatable bonds is 1. The van der Waals surface area contributed by atoms with Crippen molar-refractivity contribution in [3.8, 4) is 5.75 Å². The van der Waals surface area contributed by atoms with Gasteiger partial charge in [0.05, 0.1) is 18.0 Å². The van der Waals surface area contributed by atoms with Crippen LogP contribution in [-0.4, -0.2) is 17.3 Å². The Balaban J connectivity index is 0.000000415. The third kappa shape index (κ3) is 4.78.